The number of anilines is 2. The van der Waals surface area contributed by atoms with Crippen LogP contribution in [-0.2, 0) is 20.2 Å². The molecule has 0 aliphatic carbocycles. The monoisotopic (exact) mass is 721 g/mol. The van der Waals surface area contributed by atoms with E-state index in [1.807, 2.05) is 22.6 Å². The second-order valence-electron chi connectivity index (χ2n) is 7.43. The van der Waals surface area contributed by atoms with Crippen molar-refractivity contribution in [1.29, 1.82) is 0 Å². The molecule has 3 aromatic rings. The molecule has 0 amide bonds. The molecule has 16 nitrogen and oxygen atoms in total. The van der Waals surface area contributed by atoms with Crippen molar-refractivity contribution in [3.8, 4) is 0 Å². The molecule has 1 atom stereocenters. The summed E-state index contributed by atoms with van der Waals surface area (Å²) in [6, 6.07) is 11.3. The summed E-state index contributed by atoms with van der Waals surface area (Å²) < 4.78 is 73.2. The van der Waals surface area contributed by atoms with Gasteiger partial charge in [-0.2, -0.15) is 5.01 Å². The first kappa shape index (κ1) is 34.4. The number of nitro groups is 2. The number of para-hydroxylation sites is 1. The van der Waals surface area contributed by atoms with Gasteiger partial charge in [0.05, 0.1) is 19.6 Å². The number of benzene rings is 3. The number of nitro benzene ring substituents is 2. The minimum atomic E-state index is -5.36. The summed E-state index contributed by atoms with van der Waals surface area (Å²) in [4.78, 5) is 19.1. The van der Waals surface area contributed by atoms with Crippen molar-refractivity contribution in [2.75, 3.05) is 10.1 Å². The number of nitrogens with one attached hydrogen (secondary N) is 1. The summed E-state index contributed by atoms with van der Waals surface area (Å²) in [5, 5.41) is 28.6. The van der Waals surface area contributed by atoms with Gasteiger partial charge in [-0.25, -0.2) is 16.8 Å². The van der Waals surface area contributed by atoms with Crippen molar-refractivity contribution in [1.82, 2.24) is 0 Å². The normalized spacial score (nSPS) is 14.8. The fourth-order valence-corrected chi connectivity index (χ4v) is 5.39. The maximum atomic E-state index is 12.1. The third-order valence-electron chi connectivity index (χ3n) is 5.14. The van der Waals surface area contributed by atoms with E-state index in [9.17, 15) is 46.2 Å². The smallest absolute Gasteiger partial charge is 0.744 e. The van der Waals surface area contributed by atoms with Crippen molar-refractivity contribution in [2.24, 2.45) is 5.10 Å². The molecule has 198 valence electrons. The van der Waals surface area contributed by atoms with Crippen LogP contribution in [0.25, 0.3) is 0 Å². The molecule has 0 radical (unpaired) electrons. The van der Waals surface area contributed by atoms with Crippen LogP contribution in [0.15, 0.2) is 75.6 Å². The Morgan fingerprint density at radius 3 is 1.85 bits per heavy atom. The molecule has 0 bridgehead atoms. The van der Waals surface area contributed by atoms with Gasteiger partial charge in [0.25, 0.3) is 11.4 Å². The van der Waals surface area contributed by atoms with Crippen LogP contribution in [0.5, 0.6) is 0 Å². The third kappa shape index (κ3) is 6.99. The first-order valence-electron chi connectivity index (χ1n) is 9.94. The molecule has 1 heterocycles. The number of quaternary nitrogens is 1. The van der Waals surface area contributed by atoms with Crippen LogP contribution in [0.4, 0.5) is 28.4 Å². The fraction of sp³-hybridized carbons (Fsp3) is 0. The van der Waals surface area contributed by atoms with E-state index >= 15 is 0 Å². The molecular weight excluding hydrogens is 709 g/mol. The number of hydrazine groups is 1. The Hall–Kier alpha value is -1.76. The molecule has 40 heavy (non-hydrogen) atoms. The van der Waals surface area contributed by atoms with Crippen LogP contribution < -0.4 is 74.4 Å². The summed E-state index contributed by atoms with van der Waals surface area (Å²) in [6.45, 7) is 0. The molecule has 0 saturated carbocycles. The van der Waals surface area contributed by atoms with Crippen LogP contribution >= 0.6 is 22.6 Å². The largest absolute Gasteiger partial charge is 1.00 e. The van der Waals surface area contributed by atoms with E-state index in [-0.39, 0.29) is 75.6 Å². The SMILES string of the molecule is O=[N+]([O-])c1ccc([NH+]2N=CN(c3c(S(=O)(=O)[O-])cccc3S(=O)(=O)[O-])N2c2ccc(I)cc2)c([N+](=O)[O-])c1.[Na+].[Na+]. The maximum absolute atomic E-state index is 12.1. The molecule has 1 N–H and O–H groups in total. The number of hydrogen-bond acceptors (Lipinski definition) is 13. The molecule has 0 spiro atoms. The fourth-order valence-electron chi connectivity index (χ4n) is 3.59. The van der Waals surface area contributed by atoms with Gasteiger partial charge < -0.3 is 9.11 Å². The quantitative estimate of drug-likeness (QED) is 0.0799. The molecule has 3 aromatic carbocycles. The first-order valence-corrected chi connectivity index (χ1v) is 13.8. The molecule has 0 fully saturated rings. The van der Waals surface area contributed by atoms with Gasteiger partial charge in [0.1, 0.15) is 37.7 Å². The van der Waals surface area contributed by atoms with Crippen LogP contribution in [0.2, 0.25) is 0 Å². The second kappa shape index (κ2) is 13.0. The van der Waals surface area contributed by atoms with E-state index in [4.69, 9.17) is 0 Å². The van der Waals surface area contributed by atoms with Crippen LogP contribution in [-0.4, -0.2) is 42.1 Å². The number of halogens is 1. The van der Waals surface area contributed by atoms with E-state index in [2.05, 4.69) is 5.10 Å². The Bertz CT molecular complexity index is 1680. The van der Waals surface area contributed by atoms with Gasteiger partial charge in [-0.05, 0) is 64.1 Å². The van der Waals surface area contributed by atoms with E-state index in [1.165, 1.54) is 12.1 Å². The van der Waals surface area contributed by atoms with Gasteiger partial charge in [0.15, 0.2) is 6.34 Å². The first-order chi connectivity index (χ1) is 17.7. The van der Waals surface area contributed by atoms with Crippen molar-refractivity contribution >= 4 is 77.6 Å². The van der Waals surface area contributed by atoms with E-state index < -0.39 is 56.9 Å². The summed E-state index contributed by atoms with van der Waals surface area (Å²) in [7, 11) is -10.7. The predicted octanol–water partition coefficient (Wildman–Crippen LogP) is -4.76. The van der Waals surface area contributed by atoms with Gasteiger partial charge in [-0.15, -0.1) is 0 Å². The number of nitrogens with zero attached hydrogens (tertiary/aromatic N) is 5. The molecule has 1 aliphatic heterocycles. The minimum absolute atomic E-state index is 0. The summed E-state index contributed by atoms with van der Waals surface area (Å²) >= 11 is 1.98. The zero-order chi connectivity index (χ0) is 28.0. The number of rotatable bonds is 7. The average Bonchev–Trinajstić information content (AvgIpc) is 3.27. The van der Waals surface area contributed by atoms with Crippen molar-refractivity contribution < 1.29 is 100 Å². The van der Waals surface area contributed by atoms with Gasteiger partial charge in [0, 0.05) is 15.7 Å². The minimum Gasteiger partial charge on any atom is -0.744 e. The summed E-state index contributed by atoms with van der Waals surface area (Å²) in [5.74, 6) is 0. The predicted molar refractivity (Wildman–Crippen MR) is 135 cm³/mol. The average molecular weight is 721 g/mol. The Balaban J connectivity index is 0.00000280. The maximum Gasteiger partial charge on any atom is 1.00 e. The van der Waals surface area contributed by atoms with Gasteiger partial charge in [-0.1, -0.05) is 16.3 Å². The van der Waals surface area contributed by atoms with Crippen molar-refractivity contribution in [2.45, 2.75) is 9.79 Å². The molecule has 21 heteroatoms. The van der Waals surface area contributed by atoms with E-state index in [1.54, 1.807) is 12.1 Å². The topological polar surface area (TPSA) is 224 Å². The van der Waals surface area contributed by atoms with Crippen LogP contribution in [0, 0.1) is 23.8 Å². The number of non-ortho nitro benzene ring substituents is 1. The van der Waals surface area contributed by atoms with E-state index in [0.29, 0.717) is 6.07 Å². The van der Waals surface area contributed by atoms with Gasteiger partial charge in [-0.3, -0.25) is 20.2 Å². The standard InChI is InChI=1S/C19H13IN6O10S2.2Na/c20-12-4-6-13(7-5-12)24-22(19-17(37(31,32)33)2-1-3-18(19)38(34,35)36)11-21-23(24)15-9-8-14(25(27)28)10-16(15)26(29)30;;/h1-11H,(H,31,32,33)(H,34,35,36);;/q;2*+1/p-1. The Kier molecular flexibility index (Phi) is 11.2. The zero-order valence-corrected chi connectivity index (χ0v) is 28.2. The molecule has 0 saturated heterocycles. The van der Waals surface area contributed by atoms with Gasteiger partial charge >= 0.3 is 64.8 Å². The van der Waals surface area contributed by atoms with Crippen LogP contribution in [0.1, 0.15) is 0 Å². The molecule has 4 rings (SSSR count). The van der Waals surface area contributed by atoms with E-state index in [0.717, 1.165) is 50.4 Å². The molecule has 1 unspecified atom stereocenters. The summed E-state index contributed by atoms with van der Waals surface area (Å²) in [6.07, 6.45) is 0.858. The number of hydrogen-bond donors (Lipinski definition) is 1. The van der Waals surface area contributed by atoms with Crippen molar-refractivity contribution in [3.63, 3.8) is 0 Å². The van der Waals surface area contributed by atoms with Crippen molar-refractivity contribution in [3.05, 3.63) is 84.5 Å². The Morgan fingerprint density at radius 2 is 1.38 bits per heavy atom. The van der Waals surface area contributed by atoms with Crippen LogP contribution in [0.3, 0.4) is 0 Å². The molecule has 0 aromatic heterocycles. The third-order valence-corrected chi connectivity index (χ3v) is 7.59. The molecular formula is C19H12IN6Na2O10S2+. The second-order valence-corrected chi connectivity index (χ2v) is 11.4. The Morgan fingerprint density at radius 1 is 0.825 bits per heavy atom. The zero-order valence-electron chi connectivity index (χ0n) is 20.4. The molecule has 1 aliphatic rings. The Labute approximate surface area is 284 Å². The van der Waals surface area contributed by atoms with Gasteiger partial charge in [0.2, 0.25) is 0 Å². The summed E-state index contributed by atoms with van der Waals surface area (Å²) in [5.41, 5.74) is -2.32.